The molecule has 17 heavy (non-hydrogen) atoms. The van der Waals surface area contributed by atoms with Crippen LogP contribution in [0.1, 0.15) is 11.7 Å². The Morgan fingerprint density at radius 1 is 1.47 bits per heavy atom. The van der Waals surface area contributed by atoms with Crippen molar-refractivity contribution in [3.8, 4) is 5.75 Å². The molecule has 1 aliphatic heterocycles. The van der Waals surface area contributed by atoms with Crippen molar-refractivity contribution in [1.29, 1.82) is 0 Å². The maximum atomic E-state index is 11.5. The lowest BCUT2D eigenvalue weighted by molar-refractivity contribution is -0.120. The lowest BCUT2D eigenvalue weighted by Crippen LogP contribution is -2.36. The quantitative estimate of drug-likeness (QED) is 0.761. The van der Waals surface area contributed by atoms with Crippen LogP contribution >= 0.6 is 0 Å². The van der Waals surface area contributed by atoms with Gasteiger partial charge in [0.1, 0.15) is 5.75 Å². The van der Waals surface area contributed by atoms with Crippen LogP contribution in [-0.2, 0) is 4.79 Å². The molecule has 0 aromatic heterocycles. The van der Waals surface area contributed by atoms with Crippen molar-refractivity contribution in [2.75, 3.05) is 32.6 Å². The Morgan fingerprint density at radius 3 is 2.82 bits per heavy atom. The summed E-state index contributed by atoms with van der Waals surface area (Å²) in [5, 5.41) is 0. The first-order valence-electron chi connectivity index (χ1n) is 5.46. The van der Waals surface area contributed by atoms with E-state index in [-0.39, 0.29) is 18.7 Å². The first kappa shape index (κ1) is 11.9. The topological polar surface area (TPSA) is 58.8 Å². The summed E-state index contributed by atoms with van der Waals surface area (Å²) < 4.78 is 5.36. The molecular weight excluding hydrogens is 218 g/mol. The molecule has 2 N–H and O–H groups in total. The number of hydrogen-bond donors (Lipinski definition) is 1. The molecule has 5 heteroatoms. The number of nitrogens with two attached hydrogens (primary N) is 1. The molecule has 1 heterocycles. The zero-order valence-electron chi connectivity index (χ0n) is 10.3. The lowest BCUT2D eigenvalue weighted by atomic mass is 10.1. The molecule has 0 saturated heterocycles. The van der Waals surface area contributed by atoms with Gasteiger partial charge in [0, 0.05) is 7.05 Å². The third-order valence-electron chi connectivity index (χ3n) is 2.97. The van der Waals surface area contributed by atoms with Crippen molar-refractivity contribution in [3.05, 3.63) is 23.8 Å². The second kappa shape index (κ2) is 4.35. The van der Waals surface area contributed by atoms with Crippen LogP contribution in [-0.4, -0.2) is 38.6 Å². The Kier molecular flexibility index (Phi) is 3.04. The van der Waals surface area contributed by atoms with Gasteiger partial charge < -0.3 is 15.4 Å². The molecule has 0 bridgehead atoms. The average molecular weight is 235 g/mol. The van der Waals surface area contributed by atoms with Crippen molar-refractivity contribution >= 4 is 11.6 Å². The minimum atomic E-state index is -0.189. The number of hydrogen-bond acceptors (Lipinski definition) is 4. The zero-order chi connectivity index (χ0) is 12.6. The molecule has 1 aromatic rings. The maximum Gasteiger partial charge on any atom is 0.264 e. The molecule has 92 valence electrons. The van der Waals surface area contributed by atoms with Crippen LogP contribution in [0.15, 0.2) is 18.2 Å². The average Bonchev–Trinajstić information content (AvgIpc) is 2.32. The van der Waals surface area contributed by atoms with E-state index in [0.717, 1.165) is 17.0 Å². The van der Waals surface area contributed by atoms with Crippen molar-refractivity contribution in [1.82, 2.24) is 4.90 Å². The van der Waals surface area contributed by atoms with Gasteiger partial charge in [-0.05, 0) is 31.8 Å². The van der Waals surface area contributed by atoms with Gasteiger partial charge in [-0.2, -0.15) is 0 Å². The summed E-state index contributed by atoms with van der Waals surface area (Å²) in [6.07, 6.45) is -0.189. The Morgan fingerprint density at radius 2 is 2.18 bits per heavy atom. The molecule has 1 aliphatic rings. The zero-order valence-corrected chi connectivity index (χ0v) is 10.3. The number of rotatable bonds is 2. The summed E-state index contributed by atoms with van der Waals surface area (Å²) in [5.41, 5.74) is 7.76. The van der Waals surface area contributed by atoms with Crippen molar-refractivity contribution in [3.63, 3.8) is 0 Å². The van der Waals surface area contributed by atoms with Crippen LogP contribution in [0, 0.1) is 0 Å². The summed E-state index contributed by atoms with van der Waals surface area (Å²) in [6.45, 7) is 0.0998. The Balaban J connectivity index is 2.39. The molecule has 1 unspecified atom stereocenters. The van der Waals surface area contributed by atoms with Crippen LogP contribution in [0.4, 0.5) is 5.69 Å². The Hall–Kier alpha value is -1.59. The molecule has 0 fully saturated rings. The highest BCUT2D eigenvalue weighted by atomic mass is 16.5. The maximum absolute atomic E-state index is 11.5. The molecule has 0 spiro atoms. The fraction of sp³-hybridized carbons (Fsp3) is 0.417. The molecule has 2 rings (SSSR count). The first-order valence-corrected chi connectivity index (χ1v) is 5.46. The number of nitrogens with zero attached hydrogens (tertiary/aromatic N) is 2. The van der Waals surface area contributed by atoms with Gasteiger partial charge in [-0.3, -0.25) is 9.69 Å². The number of carbonyl (C=O) groups excluding carboxylic acids is 1. The SMILES string of the molecule is CN1C(=O)COc2ccc(C(N)N(C)C)cc21. The molecule has 1 amide bonds. The van der Waals surface area contributed by atoms with Crippen molar-refractivity contribution < 1.29 is 9.53 Å². The summed E-state index contributed by atoms with van der Waals surface area (Å²) >= 11 is 0. The van der Waals surface area contributed by atoms with Gasteiger partial charge in [0.15, 0.2) is 6.61 Å². The van der Waals surface area contributed by atoms with Crippen LogP contribution in [0.2, 0.25) is 0 Å². The van der Waals surface area contributed by atoms with E-state index in [1.807, 2.05) is 37.2 Å². The number of likely N-dealkylation sites (N-methyl/N-ethyl adjacent to an activating group) is 1. The Labute approximate surface area is 101 Å². The van der Waals surface area contributed by atoms with Crippen molar-refractivity contribution in [2.24, 2.45) is 5.73 Å². The Bertz CT molecular complexity index is 445. The smallest absolute Gasteiger partial charge is 0.264 e. The third-order valence-corrected chi connectivity index (χ3v) is 2.97. The first-order chi connectivity index (χ1) is 8.00. The summed E-state index contributed by atoms with van der Waals surface area (Å²) in [6, 6.07) is 5.68. The van der Waals surface area contributed by atoms with Gasteiger partial charge in [0.25, 0.3) is 5.91 Å². The van der Waals surface area contributed by atoms with E-state index >= 15 is 0 Å². The van der Waals surface area contributed by atoms with Crippen LogP contribution < -0.4 is 15.4 Å². The van der Waals surface area contributed by atoms with Gasteiger partial charge in [0.05, 0.1) is 11.9 Å². The number of ether oxygens (including phenoxy) is 1. The number of amides is 1. The third kappa shape index (κ3) is 2.11. The van der Waals surface area contributed by atoms with Gasteiger partial charge in [-0.15, -0.1) is 0 Å². The summed E-state index contributed by atoms with van der Waals surface area (Å²) in [7, 11) is 5.57. The minimum absolute atomic E-state index is 0.0481. The monoisotopic (exact) mass is 235 g/mol. The molecule has 1 aromatic carbocycles. The number of benzene rings is 1. The fourth-order valence-electron chi connectivity index (χ4n) is 1.77. The van der Waals surface area contributed by atoms with Gasteiger partial charge in [-0.1, -0.05) is 6.07 Å². The number of anilines is 1. The van der Waals surface area contributed by atoms with Crippen molar-refractivity contribution in [2.45, 2.75) is 6.17 Å². The number of fused-ring (bicyclic) bond motifs is 1. The lowest BCUT2D eigenvalue weighted by Gasteiger charge is -2.28. The van der Waals surface area contributed by atoms with E-state index in [4.69, 9.17) is 10.5 Å². The molecule has 5 nitrogen and oxygen atoms in total. The van der Waals surface area contributed by atoms with Gasteiger partial charge in [0.2, 0.25) is 0 Å². The van der Waals surface area contributed by atoms with Crippen LogP contribution in [0.5, 0.6) is 5.75 Å². The van der Waals surface area contributed by atoms with Crippen LogP contribution in [0.25, 0.3) is 0 Å². The largest absolute Gasteiger partial charge is 0.482 e. The summed E-state index contributed by atoms with van der Waals surface area (Å²) in [5.74, 6) is 0.676. The predicted molar refractivity (Wildman–Crippen MR) is 66.0 cm³/mol. The molecule has 0 radical (unpaired) electrons. The fourth-order valence-corrected chi connectivity index (χ4v) is 1.77. The normalized spacial score (nSPS) is 16.8. The second-order valence-electron chi connectivity index (χ2n) is 4.38. The van der Waals surface area contributed by atoms with Gasteiger partial charge in [-0.25, -0.2) is 0 Å². The van der Waals surface area contributed by atoms with E-state index in [1.54, 1.807) is 11.9 Å². The highest BCUT2D eigenvalue weighted by Crippen LogP contribution is 2.33. The van der Waals surface area contributed by atoms with Crippen LogP contribution in [0.3, 0.4) is 0 Å². The van der Waals surface area contributed by atoms with E-state index in [2.05, 4.69) is 0 Å². The molecule has 1 atom stereocenters. The van der Waals surface area contributed by atoms with E-state index in [9.17, 15) is 4.79 Å². The highest BCUT2D eigenvalue weighted by Gasteiger charge is 2.23. The molecular formula is C12H17N3O2. The standard InChI is InChI=1S/C12H17N3O2/c1-14(2)12(13)8-4-5-10-9(6-8)15(3)11(16)7-17-10/h4-6,12H,7,13H2,1-3H3. The summed E-state index contributed by atoms with van der Waals surface area (Å²) in [4.78, 5) is 15.0. The van der Waals surface area contributed by atoms with Gasteiger partial charge >= 0.3 is 0 Å². The number of carbonyl (C=O) groups is 1. The minimum Gasteiger partial charge on any atom is -0.482 e. The highest BCUT2D eigenvalue weighted by molar-refractivity contribution is 5.97. The second-order valence-corrected chi connectivity index (χ2v) is 4.38. The van der Waals surface area contributed by atoms with E-state index in [1.165, 1.54) is 0 Å². The molecule has 0 saturated carbocycles. The van der Waals surface area contributed by atoms with E-state index < -0.39 is 0 Å². The molecule has 0 aliphatic carbocycles. The van der Waals surface area contributed by atoms with E-state index in [0.29, 0.717) is 0 Å². The predicted octanol–water partition coefficient (Wildman–Crippen LogP) is 0.561.